The summed E-state index contributed by atoms with van der Waals surface area (Å²) < 4.78 is 0. The maximum absolute atomic E-state index is 9.09. The van der Waals surface area contributed by atoms with Crippen molar-refractivity contribution in [2.75, 3.05) is 0 Å². The van der Waals surface area contributed by atoms with Gasteiger partial charge < -0.3 is 5.11 Å². The van der Waals surface area contributed by atoms with Gasteiger partial charge in [-0.3, -0.25) is 0 Å². The van der Waals surface area contributed by atoms with Crippen molar-refractivity contribution in [3.8, 4) is 11.8 Å². The van der Waals surface area contributed by atoms with Gasteiger partial charge in [-0.1, -0.05) is 0 Å². The summed E-state index contributed by atoms with van der Waals surface area (Å²) in [7, 11) is 0. The lowest BCUT2D eigenvalue weighted by atomic mass is 10.3. The highest BCUT2D eigenvalue weighted by molar-refractivity contribution is 5.24. The lowest BCUT2D eigenvalue weighted by molar-refractivity contribution is 0.462. The molecule has 0 aliphatic carbocycles. The first-order valence-corrected chi connectivity index (χ1v) is 3.12. The van der Waals surface area contributed by atoms with Crippen LogP contribution in [0.3, 0.4) is 0 Å². The fraction of sp³-hybridized carbons (Fsp3) is 0.286. The van der Waals surface area contributed by atoms with Crippen LogP contribution in [-0.2, 0) is 6.42 Å². The van der Waals surface area contributed by atoms with E-state index in [1.54, 1.807) is 6.92 Å². The summed E-state index contributed by atoms with van der Waals surface area (Å²) in [5.74, 6) is 0.546. The van der Waals surface area contributed by atoms with E-state index in [-0.39, 0.29) is 12.2 Å². The average Bonchev–Trinajstić information content (AvgIpc) is 1.98. The van der Waals surface area contributed by atoms with Crippen LogP contribution in [0, 0.1) is 18.3 Å². The van der Waals surface area contributed by atoms with Crippen molar-refractivity contribution in [1.29, 1.82) is 5.26 Å². The van der Waals surface area contributed by atoms with E-state index in [4.69, 9.17) is 10.4 Å². The topological polar surface area (TPSA) is 69.8 Å². The number of hydrogen-bond acceptors (Lipinski definition) is 4. The second kappa shape index (κ2) is 2.97. The maximum Gasteiger partial charge on any atom is 0.156 e. The Morgan fingerprint density at radius 2 is 2.45 bits per heavy atom. The lowest BCUT2D eigenvalue weighted by Gasteiger charge is -1.97. The number of aryl methyl sites for hydroxylation is 1. The summed E-state index contributed by atoms with van der Waals surface area (Å²) in [4.78, 5) is 7.63. The molecule has 11 heavy (non-hydrogen) atoms. The Kier molecular flexibility index (Phi) is 2.02. The summed E-state index contributed by atoms with van der Waals surface area (Å²) in [6.45, 7) is 1.71. The molecule has 4 nitrogen and oxygen atoms in total. The number of rotatable bonds is 1. The normalized spacial score (nSPS) is 9.09. The van der Waals surface area contributed by atoms with Crippen LogP contribution in [0.1, 0.15) is 11.5 Å². The Labute approximate surface area is 64.2 Å². The zero-order valence-electron chi connectivity index (χ0n) is 6.07. The highest BCUT2D eigenvalue weighted by Gasteiger charge is 2.01. The van der Waals surface area contributed by atoms with Crippen molar-refractivity contribution in [2.45, 2.75) is 13.3 Å². The predicted octanol–water partition coefficient (Wildman–Crippen LogP) is 0.557. The van der Waals surface area contributed by atoms with Gasteiger partial charge in [0.1, 0.15) is 5.82 Å². The number of aromatic nitrogens is 2. The van der Waals surface area contributed by atoms with E-state index in [9.17, 15) is 0 Å². The van der Waals surface area contributed by atoms with Crippen molar-refractivity contribution in [3.63, 3.8) is 0 Å². The third kappa shape index (κ3) is 1.64. The van der Waals surface area contributed by atoms with E-state index < -0.39 is 0 Å². The molecule has 1 heterocycles. The standard InChI is InChI=1S/C7H7N3O/c1-5-9-4-7(11)6(10-5)2-3-8/h4,11H,2H2,1H3. The molecule has 1 N–H and O–H groups in total. The van der Waals surface area contributed by atoms with Crippen molar-refractivity contribution >= 4 is 0 Å². The first kappa shape index (κ1) is 7.48. The molecule has 0 aliphatic heterocycles. The molecular formula is C7H7N3O. The highest BCUT2D eigenvalue weighted by atomic mass is 16.3. The molecule has 0 atom stereocenters. The second-order valence-corrected chi connectivity index (χ2v) is 2.08. The molecule has 0 spiro atoms. The molecule has 0 bridgehead atoms. The molecule has 0 unspecified atom stereocenters. The highest BCUT2D eigenvalue weighted by Crippen LogP contribution is 2.11. The van der Waals surface area contributed by atoms with Crippen molar-refractivity contribution in [2.24, 2.45) is 0 Å². The first-order chi connectivity index (χ1) is 5.24. The Morgan fingerprint density at radius 3 is 3.09 bits per heavy atom. The van der Waals surface area contributed by atoms with Crippen LogP contribution in [-0.4, -0.2) is 15.1 Å². The molecular weight excluding hydrogens is 142 g/mol. The van der Waals surface area contributed by atoms with Crippen molar-refractivity contribution in [1.82, 2.24) is 9.97 Å². The van der Waals surface area contributed by atoms with Gasteiger partial charge in [0.05, 0.1) is 24.4 Å². The fourth-order valence-electron chi connectivity index (χ4n) is 0.715. The van der Waals surface area contributed by atoms with Crippen LogP contribution in [0.15, 0.2) is 6.20 Å². The zero-order valence-corrected chi connectivity index (χ0v) is 6.07. The molecule has 0 amide bonds. The molecule has 56 valence electrons. The number of aromatic hydroxyl groups is 1. The molecule has 1 rings (SSSR count). The Hall–Kier alpha value is -1.63. The first-order valence-electron chi connectivity index (χ1n) is 3.12. The number of nitrogens with zero attached hydrogens (tertiary/aromatic N) is 3. The van der Waals surface area contributed by atoms with Gasteiger partial charge in [-0.15, -0.1) is 0 Å². The summed E-state index contributed by atoms with van der Waals surface area (Å²) in [6.07, 6.45) is 1.42. The van der Waals surface area contributed by atoms with Gasteiger partial charge in [-0.05, 0) is 6.92 Å². The third-order valence-corrected chi connectivity index (χ3v) is 1.21. The lowest BCUT2D eigenvalue weighted by Crippen LogP contribution is -1.93. The van der Waals surface area contributed by atoms with E-state index in [1.165, 1.54) is 6.20 Å². The molecule has 0 aromatic carbocycles. The van der Waals surface area contributed by atoms with Gasteiger partial charge in [0.15, 0.2) is 5.75 Å². The molecule has 0 aliphatic rings. The van der Waals surface area contributed by atoms with E-state index in [2.05, 4.69) is 9.97 Å². The van der Waals surface area contributed by atoms with E-state index in [1.807, 2.05) is 6.07 Å². The monoisotopic (exact) mass is 149 g/mol. The van der Waals surface area contributed by atoms with Crippen LogP contribution in [0.25, 0.3) is 0 Å². The average molecular weight is 149 g/mol. The van der Waals surface area contributed by atoms with Crippen molar-refractivity contribution < 1.29 is 5.11 Å². The SMILES string of the molecule is Cc1ncc(O)c(CC#N)n1. The van der Waals surface area contributed by atoms with Crippen LogP contribution in [0.2, 0.25) is 0 Å². The minimum absolute atomic E-state index is 0.0165. The maximum atomic E-state index is 9.09. The van der Waals surface area contributed by atoms with Gasteiger partial charge in [-0.2, -0.15) is 5.26 Å². The Morgan fingerprint density at radius 1 is 1.73 bits per heavy atom. The zero-order chi connectivity index (χ0) is 8.27. The quantitative estimate of drug-likeness (QED) is 0.633. The van der Waals surface area contributed by atoms with E-state index >= 15 is 0 Å². The second-order valence-electron chi connectivity index (χ2n) is 2.08. The molecule has 4 heteroatoms. The van der Waals surface area contributed by atoms with Crippen LogP contribution < -0.4 is 0 Å². The third-order valence-electron chi connectivity index (χ3n) is 1.21. The van der Waals surface area contributed by atoms with Gasteiger partial charge in [-0.25, -0.2) is 9.97 Å². The molecule has 0 fully saturated rings. The molecule has 1 aromatic rings. The van der Waals surface area contributed by atoms with Crippen LogP contribution in [0.5, 0.6) is 5.75 Å². The summed E-state index contributed by atoms with van der Waals surface area (Å²) in [5, 5.41) is 17.4. The van der Waals surface area contributed by atoms with E-state index in [0.717, 1.165) is 0 Å². The predicted molar refractivity (Wildman–Crippen MR) is 37.8 cm³/mol. The molecule has 0 saturated carbocycles. The summed E-state index contributed by atoms with van der Waals surface area (Å²) in [5.41, 5.74) is 0.389. The smallest absolute Gasteiger partial charge is 0.156 e. The van der Waals surface area contributed by atoms with Gasteiger partial charge >= 0.3 is 0 Å². The number of hydrogen-bond donors (Lipinski definition) is 1. The molecule has 0 radical (unpaired) electrons. The minimum Gasteiger partial charge on any atom is -0.504 e. The largest absolute Gasteiger partial charge is 0.504 e. The summed E-state index contributed by atoms with van der Waals surface area (Å²) >= 11 is 0. The van der Waals surface area contributed by atoms with E-state index in [0.29, 0.717) is 11.5 Å². The Bertz CT molecular complexity index is 303. The van der Waals surface area contributed by atoms with Gasteiger partial charge in [0, 0.05) is 0 Å². The van der Waals surface area contributed by atoms with Crippen molar-refractivity contribution in [3.05, 3.63) is 17.7 Å². The molecule has 0 saturated heterocycles. The van der Waals surface area contributed by atoms with Gasteiger partial charge in [0.25, 0.3) is 0 Å². The number of nitriles is 1. The fourth-order valence-corrected chi connectivity index (χ4v) is 0.715. The molecule has 1 aromatic heterocycles. The van der Waals surface area contributed by atoms with Crippen LogP contribution >= 0.6 is 0 Å². The summed E-state index contributed by atoms with van der Waals surface area (Å²) in [6, 6.07) is 1.90. The minimum atomic E-state index is -0.0165. The Balaban J connectivity index is 3.05. The van der Waals surface area contributed by atoms with Crippen LogP contribution in [0.4, 0.5) is 0 Å². The van der Waals surface area contributed by atoms with Gasteiger partial charge in [0.2, 0.25) is 0 Å².